The van der Waals surface area contributed by atoms with E-state index in [1.807, 2.05) is 42.5 Å². The molecule has 2 aliphatic rings. The first-order chi connectivity index (χ1) is 14.3. The van der Waals surface area contributed by atoms with Crippen LogP contribution in [-0.2, 0) is 31.1 Å². The smallest absolute Gasteiger partial charge is 0.314 e. The maximum atomic E-state index is 13.0. The number of ether oxygens (including phenoxy) is 1. The summed E-state index contributed by atoms with van der Waals surface area (Å²) in [6, 6.07) is 15.3. The number of nitrogens with zero attached hydrogens (tertiary/aromatic N) is 1. The van der Waals surface area contributed by atoms with E-state index < -0.39 is 23.7 Å². The molecule has 1 heterocycles. The highest BCUT2D eigenvalue weighted by Gasteiger charge is 2.40. The van der Waals surface area contributed by atoms with Gasteiger partial charge in [-0.05, 0) is 34.1 Å². The third-order valence-electron chi connectivity index (χ3n) is 6.25. The molecule has 0 saturated heterocycles. The highest BCUT2D eigenvalue weighted by atomic mass is 16.5. The van der Waals surface area contributed by atoms with Crippen molar-refractivity contribution in [3.05, 3.63) is 70.8 Å². The summed E-state index contributed by atoms with van der Waals surface area (Å²) in [6.07, 6.45) is 0.735. The molecule has 0 fully saturated rings. The van der Waals surface area contributed by atoms with Gasteiger partial charge in [0, 0.05) is 13.1 Å². The fraction of sp³-hybridized carbons (Fsp3) is 0.375. The Hall–Kier alpha value is -3.15. The van der Waals surface area contributed by atoms with Crippen LogP contribution in [0.15, 0.2) is 48.5 Å². The number of esters is 1. The molecule has 1 aliphatic carbocycles. The average molecular weight is 406 g/mol. The lowest BCUT2D eigenvalue weighted by Crippen LogP contribution is -2.48. The predicted octanol–water partition coefficient (Wildman–Crippen LogP) is 2.82. The van der Waals surface area contributed by atoms with Crippen molar-refractivity contribution >= 4 is 17.8 Å². The number of amides is 2. The van der Waals surface area contributed by atoms with Crippen LogP contribution in [0.3, 0.4) is 0 Å². The minimum Gasteiger partial charge on any atom is -0.468 e. The van der Waals surface area contributed by atoms with Gasteiger partial charge in [0.2, 0.25) is 0 Å². The molecule has 0 bridgehead atoms. The molecule has 0 radical (unpaired) electrons. The number of carbonyl (C=O) groups excluding carboxylic acids is 3. The summed E-state index contributed by atoms with van der Waals surface area (Å²) < 4.78 is 4.93. The molecular formula is C24H26N2O4. The Morgan fingerprint density at radius 3 is 2.43 bits per heavy atom. The molecule has 0 aromatic heterocycles. The summed E-state index contributed by atoms with van der Waals surface area (Å²) >= 11 is 0. The summed E-state index contributed by atoms with van der Waals surface area (Å²) in [7, 11) is 1.33. The predicted molar refractivity (Wildman–Crippen MR) is 112 cm³/mol. The molecule has 6 heteroatoms. The molecule has 4 rings (SSSR count). The Kier molecular flexibility index (Phi) is 5.10. The molecule has 2 amide bonds. The van der Waals surface area contributed by atoms with Gasteiger partial charge in [-0.2, -0.15) is 0 Å². The molecule has 2 aromatic carbocycles. The summed E-state index contributed by atoms with van der Waals surface area (Å²) in [6.45, 7) is 4.70. The zero-order chi connectivity index (χ0) is 21.5. The highest BCUT2D eigenvalue weighted by molar-refractivity contribution is 6.35. The number of nitrogens with one attached hydrogen (secondary N) is 1. The number of hydrogen-bond donors (Lipinski definition) is 1. The van der Waals surface area contributed by atoms with Crippen LogP contribution in [-0.4, -0.2) is 36.3 Å². The molecule has 0 spiro atoms. The molecule has 2 atom stereocenters. The number of carbonyl (C=O) groups is 3. The fourth-order valence-corrected chi connectivity index (χ4v) is 4.75. The van der Waals surface area contributed by atoms with E-state index in [-0.39, 0.29) is 18.0 Å². The van der Waals surface area contributed by atoms with Crippen molar-refractivity contribution in [3.8, 4) is 0 Å². The average Bonchev–Trinajstić information content (AvgIpc) is 3.01. The number of benzene rings is 2. The van der Waals surface area contributed by atoms with Crippen LogP contribution in [0.2, 0.25) is 0 Å². The molecule has 1 N–H and O–H groups in total. The molecule has 0 saturated carbocycles. The van der Waals surface area contributed by atoms with Crippen LogP contribution in [0, 0.1) is 0 Å². The van der Waals surface area contributed by atoms with Gasteiger partial charge in [0.1, 0.15) is 0 Å². The second-order valence-electron chi connectivity index (χ2n) is 8.66. The second-order valence-corrected chi connectivity index (χ2v) is 8.66. The molecule has 1 aliphatic heterocycles. The van der Waals surface area contributed by atoms with Crippen molar-refractivity contribution in [2.45, 2.75) is 44.2 Å². The number of methoxy groups -OCH3 is 1. The third kappa shape index (κ3) is 3.47. The van der Waals surface area contributed by atoms with Gasteiger partial charge in [-0.3, -0.25) is 14.4 Å². The minimum absolute atomic E-state index is 0.0718. The standard InChI is InChI=1S/C24H26N2O4/c1-24(2)12-20(17-10-6-7-11-19(17)24)25-21(27)22(28)26-13-15-8-4-5-9-16(15)18(14-26)23(29)30-3/h4-11,18,20H,12-14H2,1-3H3,(H,25,27). The summed E-state index contributed by atoms with van der Waals surface area (Å²) in [5.74, 6) is -2.27. The van der Waals surface area contributed by atoms with Crippen molar-refractivity contribution < 1.29 is 19.1 Å². The van der Waals surface area contributed by atoms with E-state index in [0.29, 0.717) is 6.54 Å². The quantitative estimate of drug-likeness (QED) is 0.615. The van der Waals surface area contributed by atoms with Crippen LogP contribution >= 0.6 is 0 Å². The van der Waals surface area contributed by atoms with Crippen molar-refractivity contribution in [2.24, 2.45) is 0 Å². The van der Waals surface area contributed by atoms with Crippen molar-refractivity contribution in [1.82, 2.24) is 10.2 Å². The van der Waals surface area contributed by atoms with Crippen LogP contribution in [0.1, 0.15) is 54.5 Å². The van der Waals surface area contributed by atoms with Gasteiger partial charge in [-0.25, -0.2) is 0 Å². The largest absolute Gasteiger partial charge is 0.468 e. The van der Waals surface area contributed by atoms with Gasteiger partial charge in [0.25, 0.3) is 0 Å². The van der Waals surface area contributed by atoms with Gasteiger partial charge in [0.05, 0.1) is 19.1 Å². The lowest BCUT2D eigenvalue weighted by molar-refractivity contribution is -0.149. The summed E-state index contributed by atoms with van der Waals surface area (Å²) in [4.78, 5) is 39.6. The second kappa shape index (κ2) is 7.59. The van der Waals surface area contributed by atoms with Crippen LogP contribution in [0.5, 0.6) is 0 Å². The Labute approximate surface area is 176 Å². The maximum Gasteiger partial charge on any atom is 0.314 e. The van der Waals surface area contributed by atoms with Crippen LogP contribution in [0.4, 0.5) is 0 Å². The van der Waals surface area contributed by atoms with Gasteiger partial charge < -0.3 is 15.0 Å². The molecule has 156 valence electrons. The van der Waals surface area contributed by atoms with Crippen LogP contribution in [0.25, 0.3) is 0 Å². The number of rotatable bonds is 2. The van der Waals surface area contributed by atoms with Gasteiger partial charge in [0.15, 0.2) is 0 Å². The van der Waals surface area contributed by atoms with Crippen molar-refractivity contribution in [3.63, 3.8) is 0 Å². The molecule has 6 nitrogen and oxygen atoms in total. The highest BCUT2D eigenvalue weighted by Crippen LogP contribution is 2.44. The fourth-order valence-electron chi connectivity index (χ4n) is 4.75. The van der Waals surface area contributed by atoms with E-state index in [0.717, 1.165) is 23.1 Å². The Balaban J connectivity index is 1.53. The first-order valence-electron chi connectivity index (χ1n) is 10.2. The normalized spacial score (nSPS) is 21.4. The first-order valence-corrected chi connectivity index (χ1v) is 10.2. The first kappa shape index (κ1) is 20.1. The minimum atomic E-state index is -0.643. The molecular weight excluding hydrogens is 380 g/mol. The van der Waals surface area contributed by atoms with Crippen molar-refractivity contribution in [1.29, 1.82) is 0 Å². The Morgan fingerprint density at radius 2 is 1.70 bits per heavy atom. The van der Waals surface area contributed by atoms with E-state index in [2.05, 4.69) is 25.2 Å². The number of hydrogen-bond acceptors (Lipinski definition) is 4. The van der Waals surface area contributed by atoms with E-state index in [1.54, 1.807) is 0 Å². The lowest BCUT2D eigenvalue weighted by atomic mass is 9.86. The Bertz CT molecular complexity index is 1010. The van der Waals surface area contributed by atoms with E-state index in [9.17, 15) is 14.4 Å². The molecule has 30 heavy (non-hydrogen) atoms. The van der Waals surface area contributed by atoms with Crippen LogP contribution < -0.4 is 5.32 Å². The van der Waals surface area contributed by atoms with Gasteiger partial charge in [-0.15, -0.1) is 0 Å². The zero-order valence-corrected chi connectivity index (χ0v) is 17.5. The Morgan fingerprint density at radius 1 is 1.03 bits per heavy atom. The SMILES string of the molecule is COC(=O)C1CN(C(=O)C(=O)NC2CC(C)(C)c3ccccc32)Cc2ccccc21. The van der Waals surface area contributed by atoms with Crippen molar-refractivity contribution in [2.75, 3.05) is 13.7 Å². The molecule has 2 aromatic rings. The van der Waals surface area contributed by atoms with Gasteiger partial charge in [-0.1, -0.05) is 62.4 Å². The summed E-state index contributed by atoms with van der Waals surface area (Å²) in [5, 5.41) is 2.92. The monoisotopic (exact) mass is 406 g/mol. The third-order valence-corrected chi connectivity index (χ3v) is 6.25. The lowest BCUT2D eigenvalue weighted by Gasteiger charge is -2.33. The number of fused-ring (bicyclic) bond motifs is 2. The topological polar surface area (TPSA) is 75.7 Å². The molecule has 2 unspecified atom stereocenters. The maximum absolute atomic E-state index is 13.0. The van der Waals surface area contributed by atoms with E-state index in [1.165, 1.54) is 17.6 Å². The summed E-state index contributed by atoms with van der Waals surface area (Å²) in [5.41, 5.74) is 3.88. The zero-order valence-electron chi connectivity index (χ0n) is 17.5. The van der Waals surface area contributed by atoms with E-state index in [4.69, 9.17) is 4.74 Å². The van der Waals surface area contributed by atoms with Gasteiger partial charge >= 0.3 is 17.8 Å². The van der Waals surface area contributed by atoms with E-state index >= 15 is 0 Å².